The summed E-state index contributed by atoms with van der Waals surface area (Å²) in [6.45, 7) is 2.02. The topological polar surface area (TPSA) is 12.9 Å². The fourth-order valence-electron chi connectivity index (χ4n) is 1.44. The number of nitrogens with zero attached hydrogens (tertiary/aromatic N) is 1. The Morgan fingerprint density at radius 1 is 1.15 bits per heavy atom. The number of allylic oxidation sites excluding steroid dienone is 1. The van der Waals surface area contributed by atoms with Crippen molar-refractivity contribution in [2.45, 2.75) is 6.92 Å². The van der Waals surface area contributed by atoms with Crippen molar-refractivity contribution in [1.82, 2.24) is 4.98 Å². The second kappa shape index (κ2) is 3.40. The van der Waals surface area contributed by atoms with E-state index in [2.05, 4.69) is 17.1 Å². The standard InChI is InChI=1S/C12H11N/c1-2-5-10-8-9-13-12-7-4-3-6-11(10)12/h2-9H,1H3. The molecule has 1 heterocycles. The van der Waals surface area contributed by atoms with Gasteiger partial charge in [-0.15, -0.1) is 0 Å². The zero-order chi connectivity index (χ0) is 9.10. The molecule has 0 saturated carbocycles. The molecule has 0 atom stereocenters. The van der Waals surface area contributed by atoms with Gasteiger partial charge in [-0.2, -0.15) is 0 Å². The van der Waals surface area contributed by atoms with Crippen LogP contribution >= 0.6 is 0 Å². The Morgan fingerprint density at radius 2 is 2.00 bits per heavy atom. The summed E-state index contributed by atoms with van der Waals surface area (Å²) in [5.41, 5.74) is 2.28. The Balaban J connectivity index is 2.75. The monoisotopic (exact) mass is 169 g/mol. The molecule has 0 bridgehead atoms. The van der Waals surface area contributed by atoms with Crippen molar-refractivity contribution in [2.75, 3.05) is 0 Å². The Bertz CT molecular complexity index is 438. The average Bonchev–Trinajstić information content (AvgIpc) is 2.19. The van der Waals surface area contributed by atoms with Crippen molar-refractivity contribution in [1.29, 1.82) is 0 Å². The molecule has 1 aromatic carbocycles. The molecule has 0 amide bonds. The maximum Gasteiger partial charge on any atom is 0.0707 e. The predicted octanol–water partition coefficient (Wildman–Crippen LogP) is 3.27. The summed E-state index contributed by atoms with van der Waals surface area (Å²) in [7, 11) is 0. The summed E-state index contributed by atoms with van der Waals surface area (Å²) < 4.78 is 0. The summed E-state index contributed by atoms with van der Waals surface area (Å²) in [6, 6.07) is 10.2. The molecule has 13 heavy (non-hydrogen) atoms. The number of para-hydroxylation sites is 1. The molecule has 1 heteroatoms. The van der Waals surface area contributed by atoms with Crippen LogP contribution in [0, 0.1) is 0 Å². The van der Waals surface area contributed by atoms with Crippen LogP contribution in [0.1, 0.15) is 12.5 Å². The van der Waals surface area contributed by atoms with E-state index < -0.39 is 0 Å². The van der Waals surface area contributed by atoms with Gasteiger partial charge in [0.15, 0.2) is 0 Å². The smallest absolute Gasteiger partial charge is 0.0707 e. The number of hydrogen-bond acceptors (Lipinski definition) is 1. The SMILES string of the molecule is CC=Cc1ccnc2ccccc12. The number of aromatic nitrogens is 1. The summed E-state index contributed by atoms with van der Waals surface area (Å²) in [4.78, 5) is 4.29. The first-order chi connectivity index (χ1) is 6.42. The van der Waals surface area contributed by atoms with Gasteiger partial charge in [0.05, 0.1) is 5.52 Å². The van der Waals surface area contributed by atoms with E-state index in [0.29, 0.717) is 0 Å². The van der Waals surface area contributed by atoms with Crippen LogP contribution in [-0.2, 0) is 0 Å². The molecule has 2 aromatic rings. The molecule has 0 aliphatic heterocycles. The minimum absolute atomic E-state index is 1.05. The van der Waals surface area contributed by atoms with Crippen LogP contribution in [0.2, 0.25) is 0 Å². The number of benzene rings is 1. The third-order valence-electron chi connectivity index (χ3n) is 2.03. The van der Waals surface area contributed by atoms with Gasteiger partial charge in [0.1, 0.15) is 0 Å². The summed E-state index contributed by atoms with van der Waals surface area (Å²) in [6.07, 6.45) is 5.99. The fourth-order valence-corrected chi connectivity index (χ4v) is 1.44. The average molecular weight is 169 g/mol. The lowest BCUT2D eigenvalue weighted by atomic mass is 10.1. The van der Waals surface area contributed by atoms with Gasteiger partial charge < -0.3 is 0 Å². The number of fused-ring (bicyclic) bond motifs is 1. The van der Waals surface area contributed by atoms with Crippen molar-refractivity contribution in [3.05, 3.63) is 48.2 Å². The highest BCUT2D eigenvalue weighted by Gasteiger charge is 1.95. The third kappa shape index (κ3) is 1.45. The van der Waals surface area contributed by atoms with Gasteiger partial charge >= 0.3 is 0 Å². The van der Waals surface area contributed by atoms with Gasteiger partial charge in [0.25, 0.3) is 0 Å². The maximum atomic E-state index is 4.29. The molecule has 0 radical (unpaired) electrons. The predicted molar refractivity (Wildman–Crippen MR) is 56.5 cm³/mol. The normalized spacial score (nSPS) is 11.2. The van der Waals surface area contributed by atoms with Gasteiger partial charge in [-0.05, 0) is 24.6 Å². The Kier molecular flexibility index (Phi) is 2.09. The quantitative estimate of drug-likeness (QED) is 0.638. The van der Waals surface area contributed by atoms with E-state index in [4.69, 9.17) is 0 Å². The highest BCUT2D eigenvalue weighted by molar-refractivity contribution is 5.87. The van der Waals surface area contributed by atoms with E-state index in [1.807, 2.05) is 43.5 Å². The van der Waals surface area contributed by atoms with Gasteiger partial charge in [0, 0.05) is 11.6 Å². The second-order valence-corrected chi connectivity index (χ2v) is 2.92. The molecular weight excluding hydrogens is 158 g/mol. The Hall–Kier alpha value is -1.63. The van der Waals surface area contributed by atoms with Crippen LogP contribution < -0.4 is 0 Å². The summed E-state index contributed by atoms with van der Waals surface area (Å²) >= 11 is 0. The van der Waals surface area contributed by atoms with Gasteiger partial charge in [-0.3, -0.25) is 4.98 Å². The van der Waals surface area contributed by atoms with E-state index >= 15 is 0 Å². The van der Waals surface area contributed by atoms with Crippen molar-refractivity contribution in [2.24, 2.45) is 0 Å². The minimum atomic E-state index is 1.05. The zero-order valence-corrected chi connectivity index (χ0v) is 7.57. The molecule has 0 spiro atoms. The summed E-state index contributed by atoms with van der Waals surface area (Å²) in [5, 5.41) is 1.21. The van der Waals surface area contributed by atoms with Crippen LogP contribution in [0.3, 0.4) is 0 Å². The largest absolute Gasteiger partial charge is 0.256 e. The third-order valence-corrected chi connectivity index (χ3v) is 2.03. The van der Waals surface area contributed by atoms with Crippen LogP contribution in [0.15, 0.2) is 42.6 Å². The van der Waals surface area contributed by atoms with Gasteiger partial charge in [0.2, 0.25) is 0 Å². The van der Waals surface area contributed by atoms with Crippen molar-refractivity contribution in [3.8, 4) is 0 Å². The van der Waals surface area contributed by atoms with Crippen LogP contribution in [0.4, 0.5) is 0 Å². The number of rotatable bonds is 1. The second-order valence-electron chi connectivity index (χ2n) is 2.92. The van der Waals surface area contributed by atoms with Crippen LogP contribution in [-0.4, -0.2) is 4.98 Å². The first-order valence-corrected chi connectivity index (χ1v) is 4.38. The lowest BCUT2D eigenvalue weighted by Crippen LogP contribution is -1.80. The minimum Gasteiger partial charge on any atom is -0.256 e. The lowest BCUT2D eigenvalue weighted by molar-refractivity contribution is 1.40. The lowest BCUT2D eigenvalue weighted by Gasteiger charge is -1.99. The summed E-state index contributed by atoms with van der Waals surface area (Å²) in [5.74, 6) is 0. The van der Waals surface area contributed by atoms with E-state index in [0.717, 1.165) is 5.52 Å². The molecule has 2 rings (SSSR count). The van der Waals surface area contributed by atoms with E-state index in [-0.39, 0.29) is 0 Å². The van der Waals surface area contributed by atoms with Crippen LogP contribution in [0.25, 0.3) is 17.0 Å². The first kappa shape index (κ1) is 7.99. The van der Waals surface area contributed by atoms with Crippen molar-refractivity contribution < 1.29 is 0 Å². The molecule has 0 aliphatic rings. The number of hydrogen-bond donors (Lipinski definition) is 0. The fraction of sp³-hybridized carbons (Fsp3) is 0.0833. The first-order valence-electron chi connectivity index (χ1n) is 4.38. The molecule has 1 nitrogen and oxygen atoms in total. The Morgan fingerprint density at radius 3 is 2.85 bits per heavy atom. The van der Waals surface area contributed by atoms with Gasteiger partial charge in [-0.1, -0.05) is 30.4 Å². The molecule has 0 N–H and O–H groups in total. The van der Waals surface area contributed by atoms with Crippen molar-refractivity contribution in [3.63, 3.8) is 0 Å². The van der Waals surface area contributed by atoms with Crippen LogP contribution in [0.5, 0.6) is 0 Å². The molecule has 0 saturated heterocycles. The highest BCUT2D eigenvalue weighted by Crippen LogP contribution is 2.16. The zero-order valence-electron chi connectivity index (χ0n) is 7.57. The Labute approximate surface area is 77.7 Å². The molecule has 1 aromatic heterocycles. The molecule has 0 aliphatic carbocycles. The van der Waals surface area contributed by atoms with Crippen molar-refractivity contribution >= 4 is 17.0 Å². The highest BCUT2D eigenvalue weighted by atomic mass is 14.6. The van der Waals surface area contributed by atoms with E-state index in [9.17, 15) is 0 Å². The maximum absolute atomic E-state index is 4.29. The molecule has 0 unspecified atom stereocenters. The molecular formula is C12H11N. The van der Waals surface area contributed by atoms with E-state index in [1.54, 1.807) is 0 Å². The number of pyridine rings is 1. The van der Waals surface area contributed by atoms with E-state index in [1.165, 1.54) is 10.9 Å². The van der Waals surface area contributed by atoms with Gasteiger partial charge in [-0.25, -0.2) is 0 Å². The molecule has 64 valence electrons. The molecule has 0 fully saturated rings.